The first-order valence-electron chi connectivity index (χ1n) is 7.70. The molecule has 8 heteroatoms. The highest BCUT2D eigenvalue weighted by Crippen LogP contribution is 2.29. The van der Waals surface area contributed by atoms with Gasteiger partial charge in [0, 0.05) is 22.3 Å². The summed E-state index contributed by atoms with van der Waals surface area (Å²) in [6, 6.07) is 9.16. The molecule has 0 unspecified atom stereocenters. The lowest BCUT2D eigenvalue weighted by Crippen LogP contribution is -2.12. The van der Waals surface area contributed by atoms with Crippen LogP contribution in [-0.2, 0) is 16.4 Å². The molecule has 2 aromatic heterocycles. The van der Waals surface area contributed by atoms with Crippen molar-refractivity contribution in [1.82, 2.24) is 9.97 Å². The molecule has 3 rings (SSSR count). The van der Waals surface area contributed by atoms with Gasteiger partial charge in [-0.1, -0.05) is 17.7 Å². The molecule has 0 saturated carbocycles. The lowest BCUT2D eigenvalue weighted by atomic mass is 10.0. The van der Waals surface area contributed by atoms with Gasteiger partial charge in [-0.25, -0.2) is 19.7 Å². The Bertz CT molecular complexity index is 912. The summed E-state index contributed by atoms with van der Waals surface area (Å²) in [6.07, 6.45) is 1.66. The van der Waals surface area contributed by atoms with Crippen LogP contribution in [0.2, 0.25) is 5.02 Å². The van der Waals surface area contributed by atoms with E-state index in [0.29, 0.717) is 28.0 Å². The summed E-state index contributed by atoms with van der Waals surface area (Å²) in [5.41, 5.74) is 4.92. The predicted molar refractivity (Wildman–Crippen MR) is 101 cm³/mol. The van der Waals surface area contributed by atoms with Crippen LogP contribution in [0.1, 0.15) is 20.9 Å². The van der Waals surface area contributed by atoms with Crippen LogP contribution in [0.5, 0.6) is 0 Å². The Morgan fingerprint density at radius 2 is 2.12 bits per heavy atom. The Kier molecular flexibility index (Phi) is 5.95. The highest BCUT2D eigenvalue weighted by molar-refractivity contribution is 7.12. The van der Waals surface area contributed by atoms with Gasteiger partial charge in [0.15, 0.2) is 0 Å². The summed E-state index contributed by atoms with van der Waals surface area (Å²) >= 11 is 7.60. The van der Waals surface area contributed by atoms with Gasteiger partial charge >= 0.3 is 0 Å². The SMILES string of the molecule is COOCc1ccc(Cl)c(-c2ccc(NC(=O)c3scnc3C)nc2)c1. The monoisotopic (exact) mass is 389 g/mol. The Labute approximate surface area is 159 Å². The first kappa shape index (κ1) is 18.5. The van der Waals surface area contributed by atoms with E-state index < -0.39 is 0 Å². The number of hydrogen-bond donors (Lipinski definition) is 1. The maximum absolute atomic E-state index is 12.2. The number of aromatic nitrogens is 2. The van der Waals surface area contributed by atoms with Crippen molar-refractivity contribution in [3.63, 3.8) is 0 Å². The third kappa shape index (κ3) is 4.25. The fourth-order valence-electron chi connectivity index (χ4n) is 2.33. The molecule has 1 N–H and O–H groups in total. The number of benzene rings is 1. The first-order valence-corrected chi connectivity index (χ1v) is 8.96. The van der Waals surface area contributed by atoms with E-state index in [1.165, 1.54) is 18.4 Å². The number of amides is 1. The number of anilines is 1. The van der Waals surface area contributed by atoms with E-state index in [9.17, 15) is 4.79 Å². The molecule has 2 heterocycles. The molecule has 3 aromatic rings. The number of hydrogen-bond acceptors (Lipinski definition) is 6. The van der Waals surface area contributed by atoms with Crippen molar-refractivity contribution in [2.75, 3.05) is 12.4 Å². The van der Waals surface area contributed by atoms with Crippen LogP contribution in [0, 0.1) is 6.92 Å². The number of nitrogens with zero attached hydrogens (tertiary/aromatic N) is 2. The van der Waals surface area contributed by atoms with Crippen molar-refractivity contribution in [1.29, 1.82) is 0 Å². The lowest BCUT2D eigenvalue weighted by molar-refractivity contribution is -0.282. The summed E-state index contributed by atoms with van der Waals surface area (Å²) in [7, 11) is 1.46. The Morgan fingerprint density at radius 3 is 2.77 bits per heavy atom. The van der Waals surface area contributed by atoms with Crippen LogP contribution in [0.3, 0.4) is 0 Å². The standard InChI is InChI=1S/C18H16ClN3O3S/c1-11-17(26-10-21-11)18(23)22-16-6-4-13(8-20-16)14-7-12(9-25-24-2)3-5-15(14)19/h3-8,10H,9H2,1-2H3,(H,20,22,23). The van der Waals surface area contributed by atoms with Gasteiger partial charge in [0.2, 0.25) is 0 Å². The molecular weight excluding hydrogens is 374 g/mol. The van der Waals surface area contributed by atoms with E-state index in [4.69, 9.17) is 16.5 Å². The summed E-state index contributed by atoms with van der Waals surface area (Å²) in [5, 5.41) is 3.37. The predicted octanol–water partition coefficient (Wildman–Crippen LogP) is 4.50. The molecule has 1 aromatic carbocycles. The van der Waals surface area contributed by atoms with E-state index in [2.05, 4.69) is 20.2 Å². The smallest absolute Gasteiger partial charge is 0.268 e. The van der Waals surface area contributed by atoms with Crippen molar-refractivity contribution in [2.24, 2.45) is 0 Å². The van der Waals surface area contributed by atoms with E-state index in [1.54, 1.807) is 30.8 Å². The van der Waals surface area contributed by atoms with Gasteiger partial charge in [-0.3, -0.25) is 4.79 Å². The van der Waals surface area contributed by atoms with Crippen LogP contribution in [-0.4, -0.2) is 23.0 Å². The van der Waals surface area contributed by atoms with E-state index >= 15 is 0 Å². The largest absolute Gasteiger partial charge is 0.306 e. The summed E-state index contributed by atoms with van der Waals surface area (Å²) < 4.78 is 0. The molecule has 0 aliphatic carbocycles. The van der Waals surface area contributed by atoms with Crippen molar-refractivity contribution in [3.8, 4) is 11.1 Å². The Morgan fingerprint density at radius 1 is 1.27 bits per heavy atom. The minimum atomic E-state index is -0.220. The van der Waals surface area contributed by atoms with Crippen LogP contribution in [0.15, 0.2) is 42.0 Å². The second-order valence-electron chi connectivity index (χ2n) is 5.40. The molecule has 0 aliphatic rings. The van der Waals surface area contributed by atoms with Gasteiger partial charge in [-0.05, 0) is 36.8 Å². The number of halogens is 1. The molecule has 0 saturated heterocycles. The number of thiazole rings is 1. The minimum absolute atomic E-state index is 0.220. The van der Waals surface area contributed by atoms with Crippen LogP contribution >= 0.6 is 22.9 Å². The fraction of sp³-hybridized carbons (Fsp3) is 0.167. The van der Waals surface area contributed by atoms with Gasteiger partial charge in [-0.15, -0.1) is 11.3 Å². The molecule has 134 valence electrons. The zero-order chi connectivity index (χ0) is 18.5. The molecule has 0 bridgehead atoms. The van der Waals surface area contributed by atoms with Crippen LogP contribution < -0.4 is 5.32 Å². The van der Waals surface area contributed by atoms with E-state index in [-0.39, 0.29) is 5.91 Å². The van der Waals surface area contributed by atoms with E-state index in [0.717, 1.165) is 16.7 Å². The van der Waals surface area contributed by atoms with Crippen LogP contribution in [0.4, 0.5) is 5.82 Å². The van der Waals surface area contributed by atoms with E-state index in [1.807, 2.05) is 18.2 Å². The number of pyridine rings is 1. The fourth-order valence-corrected chi connectivity index (χ4v) is 3.25. The van der Waals surface area contributed by atoms with Gasteiger partial charge < -0.3 is 5.32 Å². The van der Waals surface area contributed by atoms with Crippen molar-refractivity contribution < 1.29 is 14.6 Å². The van der Waals surface area contributed by atoms with Gasteiger partial charge in [0.1, 0.15) is 17.3 Å². The molecule has 0 spiro atoms. The summed E-state index contributed by atoms with van der Waals surface area (Å²) in [5.74, 6) is 0.239. The maximum Gasteiger partial charge on any atom is 0.268 e. The normalized spacial score (nSPS) is 10.7. The molecule has 26 heavy (non-hydrogen) atoms. The van der Waals surface area contributed by atoms with Crippen molar-refractivity contribution in [3.05, 3.63) is 63.2 Å². The number of rotatable bonds is 6. The zero-order valence-corrected chi connectivity index (χ0v) is 15.7. The zero-order valence-electron chi connectivity index (χ0n) is 14.2. The van der Waals surface area contributed by atoms with Crippen molar-refractivity contribution >= 4 is 34.7 Å². The third-order valence-electron chi connectivity index (χ3n) is 3.64. The van der Waals surface area contributed by atoms with Gasteiger partial charge in [-0.2, -0.15) is 0 Å². The molecule has 0 radical (unpaired) electrons. The molecular formula is C18H16ClN3O3S. The minimum Gasteiger partial charge on any atom is -0.306 e. The number of nitrogens with one attached hydrogen (secondary N) is 1. The van der Waals surface area contributed by atoms with Crippen LogP contribution in [0.25, 0.3) is 11.1 Å². The number of aryl methyl sites for hydroxylation is 1. The average molecular weight is 390 g/mol. The highest BCUT2D eigenvalue weighted by atomic mass is 35.5. The molecule has 6 nitrogen and oxygen atoms in total. The third-order valence-corrected chi connectivity index (χ3v) is 4.90. The Balaban J connectivity index is 1.77. The summed E-state index contributed by atoms with van der Waals surface area (Å²) in [6.45, 7) is 2.11. The summed E-state index contributed by atoms with van der Waals surface area (Å²) in [4.78, 5) is 30.7. The maximum atomic E-state index is 12.2. The first-order chi connectivity index (χ1) is 12.6. The molecule has 1 amide bonds. The topological polar surface area (TPSA) is 73.3 Å². The number of carbonyl (C=O) groups excluding carboxylic acids is 1. The number of carbonyl (C=O) groups is 1. The second-order valence-corrected chi connectivity index (χ2v) is 6.66. The molecule has 0 fully saturated rings. The molecule has 0 aliphatic heterocycles. The highest BCUT2D eigenvalue weighted by Gasteiger charge is 2.13. The van der Waals surface area contributed by atoms with Gasteiger partial charge in [0.05, 0.1) is 18.3 Å². The average Bonchev–Trinajstić information content (AvgIpc) is 3.08. The lowest BCUT2D eigenvalue weighted by Gasteiger charge is -2.09. The van der Waals surface area contributed by atoms with Crippen molar-refractivity contribution in [2.45, 2.75) is 13.5 Å². The quantitative estimate of drug-likeness (QED) is 0.496. The molecule has 0 atom stereocenters. The second kappa shape index (κ2) is 8.37. The van der Waals surface area contributed by atoms with Gasteiger partial charge in [0.25, 0.3) is 5.91 Å². The Hall–Kier alpha value is -2.32.